The minimum absolute atomic E-state index is 0.442. The van der Waals surface area contributed by atoms with Crippen molar-refractivity contribution in [2.24, 2.45) is 0 Å². The normalized spacial score (nSPS) is 21.4. The summed E-state index contributed by atoms with van der Waals surface area (Å²) in [6, 6.07) is 6.86. The number of benzene rings is 1. The van der Waals surface area contributed by atoms with Crippen molar-refractivity contribution in [2.75, 3.05) is 0 Å². The molecule has 1 aliphatic heterocycles. The maximum Gasteiger partial charge on any atom is 0.0212 e. The largest absolute Gasteiger partial charge is 0.309 e. The molecule has 0 amide bonds. The van der Waals surface area contributed by atoms with Crippen LogP contribution in [0.3, 0.4) is 0 Å². The molecule has 3 rings (SSSR count). The summed E-state index contributed by atoms with van der Waals surface area (Å²) in [6.07, 6.45) is 2.67. The number of rotatable bonds is 3. The molecule has 2 N–H and O–H groups in total. The number of nitrogens with one attached hydrogen (secondary N) is 2. The Hall–Kier alpha value is -0.860. The highest BCUT2D eigenvalue weighted by molar-refractivity contribution is 5.34. The van der Waals surface area contributed by atoms with Crippen LogP contribution in [0.5, 0.6) is 0 Å². The average molecular weight is 202 g/mol. The van der Waals surface area contributed by atoms with E-state index in [4.69, 9.17) is 0 Å². The van der Waals surface area contributed by atoms with E-state index in [-0.39, 0.29) is 0 Å². The van der Waals surface area contributed by atoms with E-state index in [9.17, 15) is 0 Å². The van der Waals surface area contributed by atoms with Gasteiger partial charge in [-0.1, -0.05) is 18.2 Å². The van der Waals surface area contributed by atoms with Gasteiger partial charge in [0, 0.05) is 25.2 Å². The molecule has 0 atom stereocenters. The molecule has 1 heterocycles. The molecule has 1 aromatic rings. The lowest BCUT2D eigenvalue weighted by molar-refractivity contribution is 0.537. The van der Waals surface area contributed by atoms with Crippen molar-refractivity contribution < 1.29 is 0 Å². The standard InChI is InChI=1S/C13H18N2/c1-13(4-5-13)15-7-10-2-3-11-8-14-9-12(11)6-10/h2-3,6,14-15H,4-5,7-9H2,1H3. The van der Waals surface area contributed by atoms with Crippen molar-refractivity contribution in [3.05, 3.63) is 34.9 Å². The molecule has 1 aromatic carbocycles. The molecule has 1 saturated carbocycles. The number of hydrogen-bond acceptors (Lipinski definition) is 2. The summed E-state index contributed by atoms with van der Waals surface area (Å²) >= 11 is 0. The summed E-state index contributed by atoms with van der Waals surface area (Å²) in [6.45, 7) is 5.41. The Morgan fingerprint density at radius 3 is 2.87 bits per heavy atom. The van der Waals surface area contributed by atoms with Crippen LogP contribution in [0.1, 0.15) is 36.5 Å². The van der Waals surface area contributed by atoms with Gasteiger partial charge in [-0.25, -0.2) is 0 Å². The molecule has 0 radical (unpaired) electrons. The lowest BCUT2D eigenvalue weighted by Crippen LogP contribution is -2.26. The molecular formula is C13H18N2. The topological polar surface area (TPSA) is 24.1 Å². The molecule has 2 nitrogen and oxygen atoms in total. The van der Waals surface area contributed by atoms with Gasteiger partial charge in [0.05, 0.1) is 0 Å². The van der Waals surface area contributed by atoms with Crippen molar-refractivity contribution >= 4 is 0 Å². The molecule has 1 fully saturated rings. The van der Waals surface area contributed by atoms with Gasteiger partial charge in [0.2, 0.25) is 0 Å². The quantitative estimate of drug-likeness (QED) is 0.782. The lowest BCUT2D eigenvalue weighted by Gasteiger charge is -2.11. The van der Waals surface area contributed by atoms with Gasteiger partial charge in [-0.05, 0) is 36.5 Å². The molecule has 0 spiro atoms. The maximum absolute atomic E-state index is 3.62. The summed E-state index contributed by atoms with van der Waals surface area (Å²) in [5, 5.41) is 7.00. The molecule has 0 bridgehead atoms. The highest BCUT2D eigenvalue weighted by Gasteiger charge is 2.36. The highest BCUT2D eigenvalue weighted by atomic mass is 15.0. The second-order valence-corrected chi connectivity index (χ2v) is 5.12. The van der Waals surface area contributed by atoms with E-state index in [2.05, 4.69) is 35.8 Å². The zero-order valence-electron chi connectivity index (χ0n) is 9.27. The van der Waals surface area contributed by atoms with Gasteiger partial charge in [-0.2, -0.15) is 0 Å². The van der Waals surface area contributed by atoms with Gasteiger partial charge in [0.25, 0.3) is 0 Å². The van der Waals surface area contributed by atoms with Crippen LogP contribution in [0.4, 0.5) is 0 Å². The Balaban J connectivity index is 1.70. The molecule has 0 aromatic heterocycles. The van der Waals surface area contributed by atoms with Gasteiger partial charge < -0.3 is 10.6 Å². The van der Waals surface area contributed by atoms with E-state index in [1.807, 2.05) is 0 Å². The third-order valence-corrected chi connectivity index (χ3v) is 3.62. The molecule has 2 aliphatic rings. The predicted octanol–water partition coefficient (Wildman–Crippen LogP) is 1.93. The predicted molar refractivity (Wildman–Crippen MR) is 61.5 cm³/mol. The third kappa shape index (κ3) is 1.92. The molecule has 0 saturated heterocycles. The monoisotopic (exact) mass is 202 g/mol. The minimum atomic E-state index is 0.442. The lowest BCUT2D eigenvalue weighted by atomic mass is 10.1. The summed E-state index contributed by atoms with van der Waals surface area (Å²) < 4.78 is 0. The van der Waals surface area contributed by atoms with Crippen molar-refractivity contribution in [1.82, 2.24) is 10.6 Å². The van der Waals surface area contributed by atoms with Gasteiger partial charge in [-0.15, -0.1) is 0 Å². The fourth-order valence-corrected chi connectivity index (χ4v) is 2.14. The highest BCUT2D eigenvalue weighted by Crippen LogP contribution is 2.34. The van der Waals surface area contributed by atoms with Gasteiger partial charge >= 0.3 is 0 Å². The maximum atomic E-state index is 3.62. The number of hydrogen-bond donors (Lipinski definition) is 2. The van der Waals surface area contributed by atoms with Crippen LogP contribution in [0.25, 0.3) is 0 Å². The van der Waals surface area contributed by atoms with E-state index >= 15 is 0 Å². The van der Waals surface area contributed by atoms with Gasteiger partial charge in [0.1, 0.15) is 0 Å². The summed E-state index contributed by atoms with van der Waals surface area (Å²) in [5.41, 5.74) is 4.81. The van der Waals surface area contributed by atoms with Crippen molar-refractivity contribution in [1.29, 1.82) is 0 Å². The molecule has 2 heteroatoms. The van der Waals surface area contributed by atoms with Crippen LogP contribution in [-0.4, -0.2) is 5.54 Å². The van der Waals surface area contributed by atoms with E-state index < -0.39 is 0 Å². The fourth-order valence-electron chi connectivity index (χ4n) is 2.14. The fraction of sp³-hybridized carbons (Fsp3) is 0.538. The molecule has 0 unspecified atom stereocenters. The van der Waals surface area contributed by atoms with E-state index in [1.54, 1.807) is 0 Å². The minimum Gasteiger partial charge on any atom is -0.309 e. The molecule has 1 aliphatic carbocycles. The van der Waals surface area contributed by atoms with Crippen LogP contribution in [0, 0.1) is 0 Å². The molecule has 80 valence electrons. The van der Waals surface area contributed by atoms with Crippen LogP contribution in [-0.2, 0) is 19.6 Å². The first-order valence-electron chi connectivity index (χ1n) is 5.82. The zero-order chi connectivity index (χ0) is 10.3. The van der Waals surface area contributed by atoms with Gasteiger partial charge in [0.15, 0.2) is 0 Å². The van der Waals surface area contributed by atoms with E-state index in [0.29, 0.717) is 5.54 Å². The molecular weight excluding hydrogens is 184 g/mol. The van der Waals surface area contributed by atoms with E-state index in [0.717, 1.165) is 19.6 Å². The van der Waals surface area contributed by atoms with Crippen LogP contribution < -0.4 is 10.6 Å². The Morgan fingerprint density at radius 1 is 1.27 bits per heavy atom. The Labute approximate surface area is 91.1 Å². The first kappa shape index (κ1) is 9.37. The first-order valence-corrected chi connectivity index (χ1v) is 5.82. The van der Waals surface area contributed by atoms with Crippen molar-refractivity contribution in [2.45, 2.75) is 44.9 Å². The van der Waals surface area contributed by atoms with Crippen molar-refractivity contribution in [3.63, 3.8) is 0 Å². The second-order valence-electron chi connectivity index (χ2n) is 5.12. The smallest absolute Gasteiger partial charge is 0.0212 e. The first-order chi connectivity index (χ1) is 7.25. The second kappa shape index (κ2) is 3.32. The van der Waals surface area contributed by atoms with Crippen LogP contribution in [0.2, 0.25) is 0 Å². The summed E-state index contributed by atoms with van der Waals surface area (Å²) in [4.78, 5) is 0. The Morgan fingerprint density at radius 2 is 2.07 bits per heavy atom. The van der Waals surface area contributed by atoms with Crippen LogP contribution in [0.15, 0.2) is 18.2 Å². The number of fused-ring (bicyclic) bond motifs is 1. The Kier molecular flexibility index (Phi) is 2.08. The SMILES string of the molecule is CC1(NCc2ccc3c(c2)CNC3)CC1. The van der Waals surface area contributed by atoms with E-state index in [1.165, 1.54) is 29.5 Å². The average Bonchev–Trinajstić information content (AvgIpc) is 2.80. The van der Waals surface area contributed by atoms with Gasteiger partial charge in [-0.3, -0.25) is 0 Å². The summed E-state index contributed by atoms with van der Waals surface area (Å²) in [7, 11) is 0. The molecule has 15 heavy (non-hydrogen) atoms. The van der Waals surface area contributed by atoms with Crippen LogP contribution >= 0.6 is 0 Å². The third-order valence-electron chi connectivity index (χ3n) is 3.62. The Bertz CT molecular complexity index is 380. The zero-order valence-corrected chi connectivity index (χ0v) is 9.27. The van der Waals surface area contributed by atoms with Crippen molar-refractivity contribution in [3.8, 4) is 0 Å². The summed E-state index contributed by atoms with van der Waals surface area (Å²) in [5.74, 6) is 0.